The molecule has 0 atom stereocenters. The summed E-state index contributed by atoms with van der Waals surface area (Å²) in [7, 11) is 7.70. The lowest BCUT2D eigenvalue weighted by Crippen LogP contribution is -2.28. The second-order valence-corrected chi connectivity index (χ2v) is 6.01. The SMILES string of the molecule is [B]c1cc(OCCO)c(-n2nnn(C)c2=O)cc1C(C)(C)CC. The Bertz CT molecular complexity index is 752. The zero-order chi connectivity index (χ0) is 17.2. The van der Waals surface area contributed by atoms with Gasteiger partial charge in [0, 0.05) is 7.05 Å². The minimum Gasteiger partial charge on any atom is -0.489 e. The number of hydrogen-bond donors (Lipinski definition) is 1. The number of aliphatic hydroxyl groups is 1. The molecule has 7 nitrogen and oxygen atoms in total. The van der Waals surface area contributed by atoms with Crippen molar-refractivity contribution in [3.63, 3.8) is 0 Å². The Hall–Kier alpha value is -2.09. The Kier molecular flexibility index (Phi) is 4.94. The molecule has 0 aliphatic heterocycles. The third kappa shape index (κ3) is 3.31. The second-order valence-electron chi connectivity index (χ2n) is 6.01. The first-order valence-corrected chi connectivity index (χ1v) is 7.49. The summed E-state index contributed by atoms with van der Waals surface area (Å²) in [6, 6.07) is 3.47. The molecule has 1 N–H and O–H groups in total. The van der Waals surface area contributed by atoms with Gasteiger partial charge in [-0.05, 0) is 40.0 Å². The molecule has 2 aromatic rings. The molecule has 1 aromatic heterocycles. The van der Waals surface area contributed by atoms with Gasteiger partial charge in [0.1, 0.15) is 25.9 Å². The summed E-state index contributed by atoms with van der Waals surface area (Å²) < 4.78 is 7.82. The van der Waals surface area contributed by atoms with Crippen molar-refractivity contribution in [2.24, 2.45) is 7.05 Å². The number of ether oxygens (including phenoxy) is 1. The lowest BCUT2D eigenvalue weighted by molar-refractivity contribution is 0.201. The van der Waals surface area contributed by atoms with Gasteiger partial charge in [0.2, 0.25) is 0 Å². The highest BCUT2D eigenvalue weighted by Crippen LogP contribution is 2.30. The van der Waals surface area contributed by atoms with Crippen LogP contribution in [0.5, 0.6) is 5.75 Å². The molecule has 0 saturated heterocycles. The fraction of sp³-hybridized carbons (Fsp3) is 0.533. The highest BCUT2D eigenvalue weighted by atomic mass is 16.5. The maximum atomic E-state index is 12.2. The van der Waals surface area contributed by atoms with Crippen molar-refractivity contribution < 1.29 is 9.84 Å². The molecule has 2 radical (unpaired) electrons. The Morgan fingerprint density at radius 3 is 2.57 bits per heavy atom. The van der Waals surface area contributed by atoms with E-state index in [0.29, 0.717) is 16.9 Å². The summed E-state index contributed by atoms with van der Waals surface area (Å²) in [5.74, 6) is 0.384. The quantitative estimate of drug-likeness (QED) is 0.748. The molecule has 0 spiro atoms. The van der Waals surface area contributed by atoms with Gasteiger partial charge in [-0.2, -0.15) is 9.36 Å². The molecule has 2 rings (SSSR count). The molecule has 0 unspecified atom stereocenters. The van der Waals surface area contributed by atoms with E-state index in [-0.39, 0.29) is 24.3 Å². The zero-order valence-corrected chi connectivity index (χ0v) is 13.9. The second kappa shape index (κ2) is 6.58. The minimum absolute atomic E-state index is 0.0952. The van der Waals surface area contributed by atoms with E-state index in [9.17, 15) is 4.79 Å². The van der Waals surface area contributed by atoms with Crippen LogP contribution in [0.1, 0.15) is 32.8 Å². The van der Waals surface area contributed by atoms with Crippen molar-refractivity contribution in [1.29, 1.82) is 0 Å². The van der Waals surface area contributed by atoms with Gasteiger partial charge in [0.05, 0.1) is 6.61 Å². The first-order valence-electron chi connectivity index (χ1n) is 7.49. The summed E-state index contributed by atoms with van der Waals surface area (Å²) in [6.07, 6.45) is 0.878. The smallest absolute Gasteiger partial charge is 0.368 e. The Morgan fingerprint density at radius 1 is 1.35 bits per heavy atom. The van der Waals surface area contributed by atoms with Gasteiger partial charge in [-0.25, -0.2) is 4.79 Å². The van der Waals surface area contributed by atoms with Gasteiger partial charge < -0.3 is 9.84 Å². The van der Waals surface area contributed by atoms with E-state index in [4.69, 9.17) is 17.7 Å². The fourth-order valence-corrected chi connectivity index (χ4v) is 2.26. The van der Waals surface area contributed by atoms with Gasteiger partial charge in [0.15, 0.2) is 0 Å². The third-order valence-corrected chi connectivity index (χ3v) is 4.04. The average Bonchev–Trinajstić information content (AvgIpc) is 2.84. The zero-order valence-electron chi connectivity index (χ0n) is 13.9. The summed E-state index contributed by atoms with van der Waals surface area (Å²) in [5, 5.41) is 16.6. The molecule has 0 amide bonds. The van der Waals surface area contributed by atoms with E-state index in [0.717, 1.165) is 16.7 Å². The molecule has 0 aliphatic carbocycles. The molecular formula is C15H21BN4O3. The van der Waals surface area contributed by atoms with Crippen LogP contribution in [0.25, 0.3) is 5.69 Å². The number of nitrogens with zero attached hydrogens (tertiary/aromatic N) is 4. The van der Waals surface area contributed by atoms with E-state index >= 15 is 0 Å². The van der Waals surface area contributed by atoms with Crippen LogP contribution in [0, 0.1) is 0 Å². The molecular weight excluding hydrogens is 295 g/mol. The largest absolute Gasteiger partial charge is 0.489 e. The van der Waals surface area contributed by atoms with Crippen molar-refractivity contribution in [2.75, 3.05) is 13.2 Å². The van der Waals surface area contributed by atoms with Crippen LogP contribution in [0.2, 0.25) is 0 Å². The highest BCUT2D eigenvalue weighted by molar-refractivity contribution is 6.33. The number of tetrazole rings is 1. The molecule has 0 fully saturated rings. The normalized spacial score (nSPS) is 11.7. The predicted molar refractivity (Wildman–Crippen MR) is 87.9 cm³/mol. The summed E-state index contributed by atoms with van der Waals surface area (Å²) in [5.41, 5.74) is 1.39. The molecule has 0 aliphatic rings. The first kappa shape index (κ1) is 17.3. The van der Waals surface area contributed by atoms with Gasteiger partial charge in [-0.3, -0.25) is 0 Å². The van der Waals surface area contributed by atoms with Gasteiger partial charge >= 0.3 is 5.69 Å². The number of aromatic nitrogens is 4. The number of aliphatic hydroxyl groups excluding tert-OH is 1. The average molecular weight is 316 g/mol. The van der Waals surface area contributed by atoms with Crippen LogP contribution in [0.3, 0.4) is 0 Å². The van der Waals surface area contributed by atoms with E-state index in [1.54, 1.807) is 6.07 Å². The monoisotopic (exact) mass is 316 g/mol. The molecule has 0 saturated carbocycles. The van der Waals surface area contributed by atoms with Crippen LogP contribution in [0.15, 0.2) is 16.9 Å². The Balaban J connectivity index is 2.67. The van der Waals surface area contributed by atoms with Crippen molar-refractivity contribution in [3.05, 3.63) is 28.2 Å². The van der Waals surface area contributed by atoms with Gasteiger partial charge in [-0.15, -0.1) is 0 Å². The van der Waals surface area contributed by atoms with E-state index in [2.05, 4.69) is 31.2 Å². The molecule has 8 heteroatoms. The third-order valence-electron chi connectivity index (χ3n) is 4.04. The number of aryl methyl sites for hydroxylation is 1. The molecule has 1 heterocycles. The Labute approximate surface area is 136 Å². The molecule has 23 heavy (non-hydrogen) atoms. The number of benzene rings is 1. The van der Waals surface area contributed by atoms with Crippen molar-refractivity contribution in [3.8, 4) is 11.4 Å². The first-order chi connectivity index (χ1) is 10.8. The summed E-state index contributed by atoms with van der Waals surface area (Å²) in [6.45, 7) is 6.19. The van der Waals surface area contributed by atoms with Gasteiger partial charge in [-0.1, -0.05) is 26.2 Å². The van der Waals surface area contributed by atoms with E-state index < -0.39 is 0 Å². The fourth-order valence-electron chi connectivity index (χ4n) is 2.26. The van der Waals surface area contributed by atoms with E-state index in [1.165, 1.54) is 11.7 Å². The minimum atomic E-state index is -0.385. The van der Waals surface area contributed by atoms with E-state index in [1.807, 2.05) is 6.07 Å². The van der Waals surface area contributed by atoms with Crippen LogP contribution in [0.4, 0.5) is 0 Å². The molecule has 0 bridgehead atoms. The number of rotatable bonds is 6. The maximum Gasteiger partial charge on any atom is 0.368 e. The van der Waals surface area contributed by atoms with Crippen LogP contribution < -0.4 is 15.9 Å². The number of hydrogen-bond acceptors (Lipinski definition) is 5. The lowest BCUT2D eigenvalue weighted by atomic mass is 9.74. The molecule has 1 aromatic carbocycles. The van der Waals surface area contributed by atoms with Crippen LogP contribution >= 0.6 is 0 Å². The predicted octanol–water partition coefficient (Wildman–Crippen LogP) is -0.182. The Morgan fingerprint density at radius 2 is 2.04 bits per heavy atom. The van der Waals surface area contributed by atoms with Crippen molar-refractivity contribution in [1.82, 2.24) is 19.8 Å². The van der Waals surface area contributed by atoms with Gasteiger partial charge in [0.25, 0.3) is 0 Å². The van der Waals surface area contributed by atoms with Crippen molar-refractivity contribution >= 4 is 13.3 Å². The summed E-state index contributed by atoms with van der Waals surface area (Å²) >= 11 is 0. The maximum absolute atomic E-state index is 12.2. The topological polar surface area (TPSA) is 82.2 Å². The molecule has 122 valence electrons. The van der Waals surface area contributed by atoms with Crippen LogP contribution in [-0.4, -0.2) is 46.0 Å². The van der Waals surface area contributed by atoms with Crippen LogP contribution in [-0.2, 0) is 12.5 Å². The highest BCUT2D eigenvalue weighted by Gasteiger charge is 2.23. The standard InChI is InChI=1S/C15H21BN4O3/c1-5-15(2,3)10-8-12(20-14(22)19(4)17-18-20)13(9-11(10)16)23-7-6-21/h8-9,21H,5-7H2,1-4H3. The van der Waals surface area contributed by atoms with Crippen molar-refractivity contribution in [2.45, 2.75) is 32.6 Å². The lowest BCUT2D eigenvalue weighted by Gasteiger charge is -2.27. The summed E-state index contributed by atoms with van der Waals surface area (Å²) in [4.78, 5) is 12.2.